The molecule has 1 aromatic heterocycles. The van der Waals surface area contributed by atoms with Crippen LogP contribution in [0.5, 0.6) is 0 Å². The molecule has 140 valence electrons. The van der Waals surface area contributed by atoms with Gasteiger partial charge in [-0.25, -0.2) is 0 Å². The molecule has 6 nitrogen and oxygen atoms in total. The Kier molecular flexibility index (Phi) is 4.26. The van der Waals surface area contributed by atoms with Gasteiger partial charge < -0.3 is 16.8 Å². The van der Waals surface area contributed by atoms with E-state index in [2.05, 4.69) is 5.32 Å². The van der Waals surface area contributed by atoms with Gasteiger partial charge in [0.05, 0.1) is 20.9 Å². The molecule has 1 aromatic carbocycles. The molecule has 2 amide bonds. The number of benzene rings is 1. The van der Waals surface area contributed by atoms with Crippen LogP contribution in [-0.2, 0) is 16.6 Å². The fraction of sp³-hybridized carbons (Fsp3) is 0.350. The molecule has 1 unspecified atom stereocenters. The van der Waals surface area contributed by atoms with E-state index in [0.717, 1.165) is 29.7 Å². The molecule has 1 saturated carbocycles. The number of nitrogens with one attached hydrogen (secondary N) is 1. The lowest BCUT2D eigenvalue weighted by Crippen LogP contribution is -2.43. The van der Waals surface area contributed by atoms with Gasteiger partial charge in [0.25, 0.3) is 5.91 Å². The number of carbonyl (C=O) groups is 3. The summed E-state index contributed by atoms with van der Waals surface area (Å²) < 4.78 is 0. The number of anilines is 1. The maximum Gasteiger partial charge on any atom is 0.254 e. The molecule has 0 radical (unpaired) electrons. The molecule has 2 aromatic rings. The van der Waals surface area contributed by atoms with Gasteiger partial charge in [0.15, 0.2) is 5.78 Å². The summed E-state index contributed by atoms with van der Waals surface area (Å²) in [5.74, 6) is -0.898. The summed E-state index contributed by atoms with van der Waals surface area (Å²) in [5.41, 5.74) is 12.5. The van der Waals surface area contributed by atoms with Gasteiger partial charge in [-0.2, -0.15) is 0 Å². The van der Waals surface area contributed by atoms with Crippen LogP contribution in [0, 0.1) is 0 Å². The van der Waals surface area contributed by atoms with Crippen molar-refractivity contribution in [1.29, 1.82) is 0 Å². The third kappa shape index (κ3) is 3.02. The van der Waals surface area contributed by atoms with Gasteiger partial charge in [0.2, 0.25) is 5.91 Å². The van der Waals surface area contributed by atoms with E-state index in [0.29, 0.717) is 33.8 Å². The number of amides is 2. The minimum atomic E-state index is -0.998. The lowest BCUT2D eigenvalue weighted by molar-refractivity contribution is -0.119. The Morgan fingerprint density at radius 3 is 2.56 bits per heavy atom. The van der Waals surface area contributed by atoms with Gasteiger partial charge in [0, 0.05) is 12.5 Å². The van der Waals surface area contributed by atoms with Crippen molar-refractivity contribution in [3.05, 3.63) is 51.9 Å². The fourth-order valence-corrected chi connectivity index (χ4v) is 5.06. The smallest absolute Gasteiger partial charge is 0.254 e. The van der Waals surface area contributed by atoms with E-state index in [1.165, 1.54) is 0 Å². The van der Waals surface area contributed by atoms with Crippen LogP contribution in [-0.4, -0.2) is 23.6 Å². The standard InChI is InChI=1S/C20H21N3O3S/c21-14(24)10-20(11-4-2-1-3-5-11)9-8-13-15(19(26)23-12-6-7-12)18(22)27-16(13)17(20)25/h1-5,12H,6-10,22H2,(H2,21,24)(H,23,26). The van der Waals surface area contributed by atoms with E-state index < -0.39 is 11.3 Å². The first-order valence-electron chi connectivity index (χ1n) is 9.03. The molecule has 27 heavy (non-hydrogen) atoms. The minimum Gasteiger partial charge on any atom is -0.390 e. The van der Waals surface area contributed by atoms with E-state index in [1.807, 2.05) is 30.3 Å². The van der Waals surface area contributed by atoms with Crippen molar-refractivity contribution < 1.29 is 14.4 Å². The van der Waals surface area contributed by atoms with Crippen LogP contribution in [0.15, 0.2) is 30.3 Å². The van der Waals surface area contributed by atoms with E-state index in [9.17, 15) is 14.4 Å². The van der Waals surface area contributed by atoms with Crippen LogP contribution in [0.2, 0.25) is 0 Å². The number of fused-ring (bicyclic) bond motifs is 1. The predicted octanol–water partition coefficient (Wildman–Crippen LogP) is 2.16. The first-order chi connectivity index (χ1) is 12.9. The first-order valence-corrected chi connectivity index (χ1v) is 9.84. The van der Waals surface area contributed by atoms with Crippen molar-refractivity contribution in [2.45, 2.75) is 43.6 Å². The lowest BCUT2D eigenvalue weighted by Gasteiger charge is -2.35. The zero-order valence-electron chi connectivity index (χ0n) is 14.8. The molecular formula is C20H21N3O3S. The highest BCUT2D eigenvalue weighted by Crippen LogP contribution is 2.46. The number of Topliss-reactive ketones (excluding diaryl/α,β-unsaturated/α-hetero) is 1. The molecule has 0 bridgehead atoms. The fourth-order valence-electron chi connectivity index (χ4n) is 3.91. The van der Waals surface area contributed by atoms with E-state index >= 15 is 0 Å². The number of hydrogen-bond acceptors (Lipinski definition) is 5. The molecule has 0 saturated heterocycles. The second-order valence-electron chi connectivity index (χ2n) is 7.32. The molecule has 1 heterocycles. The third-order valence-corrected chi connectivity index (χ3v) is 6.48. The van der Waals surface area contributed by atoms with Crippen LogP contribution in [0.4, 0.5) is 5.00 Å². The molecule has 1 atom stereocenters. The number of carbonyl (C=O) groups excluding carboxylic acids is 3. The van der Waals surface area contributed by atoms with Crippen molar-refractivity contribution in [2.24, 2.45) is 5.73 Å². The summed E-state index contributed by atoms with van der Waals surface area (Å²) in [4.78, 5) is 38.4. The monoisotopic (exact) mass is 383 g/mol. The normalized spacial score (nSPS) is 21.6. The molecule has 0 aliphatic heterocycles. The SMILES string of the molecule is NC(=O)CC1(c2ccccc2)CCc2c(sc(N)c2C(=O)NC2CC2)C1=O. The van der Waals surface area contributed by atoms with Gasteiger partial charge in [-0.1, -0.05) is 30.3 Å². The van der Waals surface area contributed by atoms with Crippen LogP contribution in [0.1, 0.15) is 56.8 Å². The summed E-state index contributed by atoms with van der Waals surface area (Å²) in [7, 11) is 0. The number of ketones is 1. The highest BCUT2D eigenvalue weighted by molar-refractivity contribution is 7.18. The van der Waals surface area contributed by atoms with Crippen molar-refractivity contribution in [1.82, 2.24) is 5.32 Å². The molecule has 1 fully saturated rings. The minimum absolute atomic E-state index is 0.0588. The quantitative estimate of drug-likeness (QED) is 0.734. The topological polar surface area (TPSA) is 115 Å². The Labute approximate surface area is 160 Å². The molecule has 2 aliphatic carbocycles. The second kappa shape index (κ2) is 6.49. The maximum absolute atomic E-state index is 13.5. The van der Waals surface area contributed by atoms with Crippen molar-refractivity contribution in [3.63, 3.8) is 0 Å². The summed E-state index contributed by atoms with van der Waals surface area (Å²) in [5, 5.41) is 3.30. The second-order valence-corrected chi connectivity index (χ2v) is 8.37. The van der Waals surface area contributed by atoms with Gasteiger partial charge >= 0.3 is 0 Å². The van der Waals surface area contributed by atoms with Crippen molar-refractivity contribution in [2.75, 3.05) is 5.73 Å². The highest BCUT2D eigenvalue weighted by Gasteiger charge is 2.47. The van der Waals surface area contributed by atoms with E-state index in [1.54, 1.807) is 0 Å². The number of hydrogen-bond donors (Lipinski definition) is 3. The number of rotatable bonds is 5. The number of nitrogen functional groups attached to an aromatic ring is 1. The number of thiophene rings is 1. The molecular weight excluding hydrogens is 362 g/mol. The van der Waals surface area contributed by atoms with E-state index in [-0.39, 0.29) is 24.2 Å². The zero-order chi connectivity index (χ0) is 19.2. The van der Waals surface area contributed by atoms with E-state index in [4.69, 9.17) is 11.5 Å². The molecule has 5 N–H and O–H groups in total. The van der Waals surface area contributed by atoms with Crippen LogP contribution >= 0.6 is 11.3 Å². The summed E-state index contributed by atoms with van der Waals surface area (Å²) >= 11 is 1.14. The highest BCUT2D eigenvalue weighted by atomic mass is 32.1. The van der Waals surface area contributed by atoms with Crippen LogP contribution in [0.3, 0.4) is 0 Å². The molecule has 2 aliphatic rings. The molecule has 4 rings (SSSR count). The maximum atomic E-state index is 13.5. The Bertz CT molecular complexity index is 933. The van der Waals surface area contributed by atoms with Gasteiger partial charge in [-0.3, -0.25) is 14.4 Å². The number of primary amides is 1. The average Bonchev–Trinajstić information content (AvgIpc) is 3.38. The van der Waals surface area contributed by atoms with Gasteiger partial charge in [0.1, 0.15) is 0 Å². The predicted molar refractivity (Wildman–Crippen MR) is 104 cm³/mol. The largest absolute Gasteiger partial charge is 0.390 e. The van der Waals surface area contributed by atoms with Crippen LogP contribution < -0.4 is 16.8 Å². The van der Waals surface area contributed by atoms with Crippen molar-refractivity contribution >= 4 is 33.9 Å². The Hall–Kier alpha value is -2.67. The van der Waals surface area contributed by atoms with Crippen LogP contribution in [0.25, 0.3) is 0 Å². The summed E-state index contributed by atoms with van der Waals surface area (Å²) in [6.45, 7) is 0. The Morgan fingerprint density at radius 2 is 1.93 bits per heavy atom. The lowest BCUT2D eigenvalue weighted by atomic mass is 9.66. The van der Waals surface area contributed by atoms with Crippen molar-refractivity contribution in [3.8, 4) is 0 Å². The summed E-state index contributed by atoms with van der Waals surface area (Å²) in [6.07, 6.45) is 2.83. The Balaban J connectivity index is 1.77. The zero-order valence-corrected chi connectivity index (χ0v) is 15.6. The molecule has 0 spiro atoms. The number of nitrogens with two attached hydrogens (primary N) is 2. The van der Waals surface area contributed by atoms with Gasteiger partial charge in [-0.05, 0) is 36.8 Å². The summed E-state index contributed by atoms with van der Waals surface area (Å²) in [6, 6.07) is 9.47. The van der Waals surface area contributed by atoms with Gasteiger partial charge in [-0.15, -0.1) is 11.3 Å². The third-order valence-electron chi connectivity index (χ3n) is 5.42. The first kappa shape index (κ1) is 17.7. The Morgan fingerprint density at radius 1 is 1.22 bits per heavy atom. The average molecular weight is 383 g/mol. The molecule has 7 heteroatoms.